The van der Waals surface area contributed by atoms with Gasteiger partial charge in [-0.3, -0.25) is 19.1 Å². The van der Waals surface area contributed by atoms with Crippen LogP contribution in [0.25, 0.3) is 11.4 Å². The number of nitrogens with one attached hydrogen (secondary N) is 1. The summed E-state index contributed by atoms with van der Waals surface area (Å²) in [4.78, 5) is 39.9. The lowest BCUT2D eigenvalue weighted by Gasteiger charge is -2.04. The molecule has 1 amide bonds. The molecule has 0 aromatic carbocycles. The van der Waals surface area contributed by atoms with E-state index < -0.39 is 11.9 Å². The number of carbonyl (C=O) groups is 2. The maximum absolute atomic E-state index is 12.6. The lowest BCUT2D eigenvalue weighted by molar-refractivity contribution is -0.143. The Morgan fingerprint density at radius 3 is 2.84 bits per heavy atom. The average Bonchev–Trinajstić information content (AvgIpc) is 3.39. The van der Waals surface area contributed by atoms with Crippen molar-refractivity contribution in [1.82, 2.24) is 24.6 Å². The summed E-state index contributed by atoms with van der Waals surface area (Å²) in [6, 6.07) is 3.69. The molecule has 0 aliphatic heterocycles. The van der Waals surface area contributed by atoms with Crippen molar-refractivity contribution >= 4 is 11.9 Å². The molecule has 25 heavy (non-hydrogen) atoms. The third-order valence-corrected chi connectivity index (χ3v) is 3.73. The van der Waals surface area contributed by atoms with E-state index in [1.807, 2.05) is 6.07 Å². The van der Waals surface area contributed by atoms with Gasteiger partial charge in [0.1, 0.15) is 13.1 Å². The number of carbonyl (C=O) groups excluding carboxylic acids is 2. The first-order chi connectivity index (χ1) is 12.1. The molecule has 0 unspecified atom stereocenters. The zero-order chi connectivity index (χ0) is 17.8. The number of ether oxygens (including phenoxy) is 1. The zero-order valence-corrected chi connectivity index (χ0v) is 13.8. The van der Waals surface area contributed by atoms with Crippen LogP contribution >= 0.6 is 0 Å². The standard InChI is InChI=1S/C16H19N5O4/c1-2-25-14(23)9-18-13(22)10-20-16(24)21(12-5-6-12)15(19-20)11-4-3-7-17-8-11/h3-4,7-8,12H,2,5-6,9-10H2,1H3,(H,18,22). The maximum atomic E-state index is 12.6. The van der Waals surface area contributed by atoms with Crippen molar-refractivity contribution < 1.29 is 14.3 Å². The quantitative estimate of drug-likeness (QED) is 0.714. The van der Waals surface area contributed by atoms with E-state index >= 15 is 0 Å². The number of aromatic nitrogens is 4. The van der Waals surface area contributed by atoms with Crippen LogP contribution in [0.1, 0.15) is 25.8 Å². The Labute approximate surface area is 143 Å². The Balaban J connectivity index is 1.77. The third-order valence-electron chi connectivity index (χ3n) is 3.73. The molecule has 9 nitrogen and oxygen atoms in total. The second kappa shape index (κ2) is 7.29. The molecule has 1 fully saturated rings. The number of nitrogens with zero attached hydrogens (tertiary/aromatic N) is 4. The zero-order valence-electron chi connectivity index (χ0n) is 13.8. The molecule has 0 saturated heterocycles. The van der Waals surface area contributed by atoms with Gasteiger partial charge in [0, 0.05) is 24.0 Å². The van der Waals surface area contributed by atoms with Crippen molar-refractivity contribution in [2.24, 2.45) is 0 Å². The normalized spacial score (nSPS) is 13.5. The summed E-state index contributed by atoms with van der Waals surface area (Å²) in [6.07, 6.45) is 5.09. The topological polar surface area (TPSA) is 108 Å². The summed E-state index contributed by atoms with van der Waals surface area (Å²) in [7, 11) is 0. The highest BCUT2D eigenvalue weighted by Crippen LogP contribution is 2.36. The summed E-state index contributed by atoms with van der Waals surface area (Å²) in [5.41, 5.74) is 0.379. The van der Waals surface area contributed by atoms with E-state index in [1.165, 1.54) is 0 Å². The van der Waals surface area contributed by atoms with Gasteiger partial charge in [0.15, 0.2) is 5.82 Å². The SMILES string of the molecule is CCOC(=O)CNC(=O)Cn1nc(-c2cccnc2)n(C2CC2)c1=O. The summed E-state index contributed by atoms with van der Waals surface area (Å²) >= 11 is 0. The monoisotopic (exact) mass is 345 g/mol. The van der Waals surface area contributed by atoms with Crippen LogP contribution in [0.5, 0.6) is 0 Å². The summed E-state index contributed by atoms with van der Waals surface area (Å²) in [5, 5.41) is 6.72. The van der Waals surface area contributed by atoms with Crippen molar-refractivity contribution in [3.63, 3.8) is 0 Å². The highest BCUT2D eigenvalue weighted by atomic mass is 16.5. The summed E-state index contributed by atoms with van der Waals surface area (Å²) in [5.74, 6) is -0.505. The van der Waals surface area contributed by atoms with E-state index in [0.717, 1.165) is 23.1 Å². The van der Waals surface area contributed by atoms with Gasteiger partial charge >= 0.3 is 11.7 Å². The number of amides is 1. The van der Waals surface area contributed by atoms with Crippen LogP contribution in [0, 0.1) is 0 Å². The van der Waals surface area contributed by atoms with Crippen LogP contribution in [-0.4, -0.2) is 44.4 Å². The minimum Gasteiger partial charge on any atom is -0.465 e. The van der Waals surface area contributed by atoms with Crippen molar-refractivity contribution in [2.45, 2.75) is 32.4 Å². The Morgan fingerprint density at radius 1 is 1.40 bits per heavy atom. The molecule has 2 aromatic rings. The number of esters is 1. The van der Waals surface area contributed by atoms with Gasteiger partial charge in [-0.2, -0.15) is 0 Å². The van der Waals surface area contributed by atoms with E-state index in [1.54, 1.807) is 30.0 Å². The first kappa shape index (κ1) is 16.9. The molecule has 0 radical (unpaired) electrons. The predicted molar refractivity (Wildman–Crippen MR) is 87.6 cm³/mol. The third kappa shape index (κ3) is 3.93. The number of pyridine rings is 1. The molecule has 9 heteroatoms. The maximum Gasteiger partial charge on any atom is 0.346 e. The minimum absolute atomic E-state index is 0.110. The van der Waals surface area contributed by atoms with Crippen molar-refractivity contribution in [3.8, 4) is 11.4 Å². The molecule has 2 heterocycles. The smallest absolute Gasteiger partial charge is 0.346 e. The molecular weight excluding hydrogens is 326 g/mol. The lowest BCUT2D eigenvalue weighted by Crippen LogP contribution is -2.36. The van der Waals surface area contributed by atoms with Gasteiger partial charge in [-0.15, -0.1) is 5.10 Å². The molecule has 3 rings (SSSR count). The molecule has 2 aromatic heterocycles. The highest BCUT2D eigenvalue weighted by Gasteiger charge is 2.30. The van der Waals surface area contributed by atoms with Gasteiger partial charge in [-0.05, 0) is 31.9 Å². The number of hydrogen-bond acceptors (Lipinski definition) is 6. The fraction of sp³-hybridized carbons (Fsp3) is 0.438. The van der Waals surface area contributed by atoms with Gasteiger partial charge < -0.3 is 10.1 Å². The number of rotatable bonds is 7. The first-order valence-electron chi connectivity index (χ1n) is 8.12. The van der Waals surface area contributed by atoms with Crippen LogP contribution in [0.3, 0.4) is 0 Å². The van der Waals surface area contributed by atoms with E-state index in [-0.39, 0.29) is 31.4 Å². The van der Waals surface area contributed by atoms with E-state index in [9.17, 15) is 14.4 Å². The molecule has 0 atom stereocenters. The molecule has 132 valence electrons. The molecule has 1 saturated carbocycles. The molecule has 0 spiro atoms. The molecular formula is C16H19N5O4. The van der Waals surface area contributed by atoms with Gasteiger partial charge in [-0.25, -0.2) is 9.48 Å². The van der Waals surface area contributed by atoms with E-state index in [4.69, 9.17) is 4.74 Å². The largest absolute Gasteiger partial charge is 0.465 e. The highest BCUT2D eigenvalue weighted by molar-refractivity contribution is 5.81. The molecule has 1 aliphatic rings. The Bertz CT molecular complexity index is 823. The second-order valence-electron chi connectivity index (χ2n) is 5.69. The fourth-order valence-corrected chi connectivity index (χ4v) is 2.45. The van der Waals surface area contributed by atoms with Crippen molar-refractivity contribution in [3.05, 3.63) is 35.0 Å². The van der Waals surface area contributed by atoms with Crippen LogP contribution < -0.4 is 11.0 Å². The van der Waals surface area contributed by atoms with E-state index in [2.05, 4.69) is 15.4 Å². The van der Waals surface area contributed by atoms with Crippen LogP contribution in [0.4, 0.5) is 0 Å². The molecule has 0 bridgehead atoms. The van der Waals surface area contributed by atoms with Gasteiger partial charge in [0.05, 0.1) is 6.61 Å². The Hall–Kier alpha value is -2.97. The van der Waals surface area contributed by atoms with Crippen molar-refractivity contribution in [2.75, 3.05) is 13.2 Å². The van der Waals surface area contributed by atoms with Gasteiger partial charge in [-0.1, -0.05) is 0 Å². The van der Waals surface area contributed by atoms with Gasteiger partial charge in [0.25, 0.3) is 0 Å². The van der Waals surface area contributed by atoms with Crippen LogP contribution in [0.2, 0.25) is 0 Å². The number of hydrogen-bond donors (Lipinski definition) is 1. The first-order valence-corrected chi connectivity index (χ1v) is 8.12. The Morgan fingerprint density at radius 2 is 2.20 bits per heavy atom. The minimum atomic E-state index is -0.525. The summed E-state index contributed by atoms with van der Waals surface area (Å²) in [6.45, 7) is 1.43. The lowest BCUT2D eigenvalue weighted by atomic mass is 10.3. The molecule has 1 N–H and O–H groups in total. The van der Waals surface area contributed by atoms with Crippen LogP contribution in [0.15, 0.2) is 29.3 Å². The molecule has 1 aliphatic carbocycles. The average molecular weight is 345 g/mol. The Kier molecular flexibility index (Phi) is 4.92. The fourth-order valence-electron chi connectivity index (χ4n) is 2.45. The van der Waals surface area contributed by atoms with Gasteiger partial charge in [0.2, 0.25) is 5.91 Å². The summed E-state index contributed by atoms with van der Waals surface area (Å²) < 4.78 is 7.46. The van der Waals surface area contributed by atoms with Crippen molar-refractivity contribution in [1.29, 1.82) is 0 Å². The predicted octanol–water partition coefficient (Wildman–Crippen LogP) is 0.121. The second-order valence-corrected chi connectivity index (χ2v) is 5.69. The van der Waals surface area contributed by atoms with E-state index in [0.29, 0.717) is 5.82 Å². The van der Waals surface area contributed by atoms with Crippen LogP contribution in [-0.2, 0) is 20.9 Å².